The number of hydrogen-bond acceptors (Lipinski definition) is 5. The van der Waals surface area contributed by atoms with E-state index in [0.717, 1.165) is 0 Å². The van der Waals surface area contributed by atoms with Gasteiger partial charge in [-0.25, -0.2) is 9.36 Å². The molecule has 0 amide bonds. The molecule has 0 aliphatic carbocycles. The summed E-state index contributed by atoms with van der Waals surface area (Å²) >= 11 is 0. The molecule has 0 bridgehead atoms. The van der Waals surface area contributed by atoms with Gasteiger partial charge in [0.2, 0.25) is 0 Å². The zero-order valence-electron chi connectivity index (χ0n) is 7.52. The van der Waals surface area contributed by atoms with E-state index in [0.29, 0.717) is 0 Å². The molecule has 94 valence electrons. The van der Waals surface area contributed by atoms with Crippen LogP contribution in [-0.2, 0) is 18.7 Å². The third-order valence-corrected chi connectivity index (χ3v) is 2.12. The van der Waals surface area contributed by atoms with Crippen molar-refractivity contribution in [2.45, 2.75) is 6.18 Å². The quantitative estimate of drug-likeness (QED) is 0.595. The minimum Gasteiger partial charge on any atom is -0.480 e. The second kappa shape index (κ2) is 5.28. The van der Waals surface area contributed by atoms with Crippen LogP contribution in [0, 0.1) is 0 Å². The summed E-state index contributed by atoms with van der Waals surface area (Å²) in [4.78, 5) is 28.8. The fourth-order valence-corrected chi connectivity index (χ4v) is 1.34. The maximum atomic E-state index is 11.6. The second-order valence-corrected chi connectivity index (χ2v) is 4.27. The Kier molecular flexibility index (Phi) is 4.91. The molecule has 0 aliphatic rings. The molecule has 0 saturated carbocycles. The van der Waals surface area contributed by atoms with Crippen molar-refractivity contribution < 1.29 is 41.8 Å². The van der Waals surface area contributed by atoms with Gasteiger partial charge < -0.3 is 14.5 Å². The van der Waals surface area contributed by atoms with E-state index in [1.54, 1.807) is 0 Å². The molecular formula is C5H7F3NO6P. The first-order valence-electron chi connectivity index (χ1n) is 3.59. The van der Waals surface area contributed by atoms with Crippen LogP contribution in [0.2, 0.25) is 0 Å². The number of carboxylic acids is 1. The molecule has 0 spiro atoms. The summed E-state index contributed by atoms with van der Waals surface area (Å²) in [5.74, 6) is -4.20. The van der Waals surface area contributed by atoms with Gasteiger partial charge in [0, 0.05) is 0 Å². The Morgan fingerprint density at radius 3 is 2.25 bits per heavy atom. The highest BCUT2D eigenvalue weighted by atomic mass is 31.2. The van der Waals surface area contributed by atoms with Gasteiger partial charge in [0.1, 0.15) is 6.29 Å². The van der Waals surface area contributed by atoms with Gasteiger partial charge in [0.15, 0.2) is 0 Å². The molecule has 3 N–H and O–H groups in total. The predicted octanol–water partition coefficient (Wildman–Crippen LogP) is -0.0910. The van der Waals surface area contributed by atoms with Crippen LogP contribution in [0.25, 0.3) is 0 Å². The second-order valence-electron chi connectivity index (χ2n) is 2.49. The van der Waals surface area contributed by atoms with Gasteiger partial charge in [-0.05, 0) is 0 Å². The van der Waals surface area contributed by atoms with Crippen molar-refractivity contribution in [2.24, 2.45) is 0 Å². The highest BCUT2D eigenvalue weighted by Gasteiger charge is 2.44. The van der Waals surface area contributed by atoms with E-state index >= 15 is 0 Å². The Morgan fingerprint density at radius 1 is 1.38 bits per heavy atom. The first-order chi connectivity index (χ1) is 7.04. The molecule has 1 atom stereocenters. The van der Waals surface area contributed by atoms with Gasteiger partial charge in [-0.1, -0.05) is 0 Å². The van der Waals surface area contributed by atoms with E-state index < -0.39 is 38.5 Å². The molecule has 0 aromatic heterocycles. The number of aliphatic carboxylic acids is 1. The molecule has 0 aliphatic heterocycles. The lowest BCUT2D eigenvalue weighted by atomic mass is 10.7. The summed E-state index contributed by atoms with van der Waals surface area (Å²) in [6.07, 6.45) is -6.47. The molecule has 11 heteroatoms. The average molecular weight is 265 g/mol. The monoisotopic (exact) mass is 265 g/mol. The van der Waals surface area contributed by atoms with E-state index in [1.165, 1.54) is 0 Å². The van der Waals surface area contributed by atoms with Gasteiger partial charge in [0.05, 0.1) is 6.54 Å². The number of carbonyl (C=O) groups excluding carboxylic acids is 1. The zero-order chi connectivity index (χ0) is 13.0. The number of carbonyl (C=O) groups is 2. The Balaban J connectivity index is 4.20. The van der Waals surface area contributed by atoms with Crippen molar-refractivity contribution in [3.05, 3.63) is 0 Å². The minimum absolute atomic E-state index is 0.756. The van der Waals surface area contributed by atoms with Gasteiger partial charge in [-0.3, -0.25) is 10.1 Å². The first-order valence-corrected chi connectivity index (χ1v) is 5.36. The van der Waals surface area contributed by atoms with Gasteiger partial charge in [-0.15, -0.1) is 0 Å². The summed E-state index contributed by atoms with van der Waals surface area (Å²) in [5.41, 5.74) is 0. The van der Waals surface area contributed by atoms with Crippen LogP contribution in [0.1, 0.15) is 0 Å². The maximum absolute atomic E-state index is 11.6. The van der Waals surface area contributed by atoms with Crippen LogP contribution in [0.4, 0.5) is 13.2 Å². The molecule has 7 nitrogen and oxygen atoms in total. The zero-order valence-corrected chi connectivity index (χ0v) is 8.42. The third-order valence-electron chi connectivity index (χ3n) is 1.04. The average Bonchev–Trinajstić information content (AvgIpc) is 1.99. The molecule has 0 heterocycles. The summed E-state index contributed by atoms with van der Waals surface area (Å²) in [5, 5.41) is 9.92. The topological polar surface area (TPSA) is 113 Å². The Labute approximate surface area is 86.7 Å². The van der Waals surface area contributed by atoms with Crippen molar-refractivity contribution in [1.82, 2.24) is 5.32 Å². The lowest BCUT2D eigenvalue weighted by Gasteiger charge is -2.13. The summed E-state index contributed by atoms with van der Waals surface area (Å²) in [6.45, 7) is -0.756. The molecule has 0 saturated heterocycles. The molecule has 16 heavy (non-hydrogen) atoms. The lowest BCUT2D eigenvalue weighted by Crippen LogP contribution is -2.28. The fraction of sp³-hybridized carbons (Fsp3) is 0.600. The summed E-state index contributed by atoms with van der Waals surface area (Å²) in [6, 6.07) is 0. The number of halogens is 3. The van der Waals surface area contributed by atoms with E-state index in [2.05, 4.69) is 4.52 Å². The highest BCUT2D eigenvalue weighted by Crippen LogP contribution is 2.42. The lowest BCUT2D eigenvalue weighted by molar-refractivity contribution is -0.190. The number of nitrogens with one attached hydrogen (secondary N) is 1. The van der Waals surface area contributed by atoms with Crippen molar-refractivity contribution in [3.63, 3.8) is 0 Å². The van der Waals surface area contributed by atoms with Crippen molar-refractivity contribution >= 4 is 19.5 Å². The normalized spacial score (nSPS) is 15.2. The Morgan fingerprint density at radius 2 is 1.88 bits per heavy atom. The van der Waals surface area contributed by atoms with E-state index in [1.807, 2.05) is 5.32 Å². The SMILES string of the molecule is O=C(O)CNCP(=O)(O)OC(=O)C(F)(F)F. The Hall–Kier alpha value is -1.12. The largest absolute Gasteiger partial charge is 0.491 e. The fourth-order valence-electron chi connectivity index (χ4n) is 0.518. The van der Waals surface area contributed by atoms with Crippen LogP contribution < -0.4 is 5.32 Å². The molecule has 0 radical (unpaired) electrons. The highest BCUT2D eigenvalue weighted by molar-refractivity contribution is 7.53. The number of carboxylic acid groups (broad SMARTS) is 1. The minimum atomic E-state index is -5.38. The standard InChI is InChI=1S/C5H7F3NO6P/c6-5(7,8)4(12)15-16(13,14)2-9-1-3(10)11/h9H,1-2H2,(H,10,11)(H,13,14). The van der Waals surface area contributed by atoms with Gasteiger partial charge >= 0.3 is 25.7 Å². The van der Waals surface area contributed by atoms with Crippen LogP contribution in [-0.4, -0.2) is 40.9 Å². The molecule has 0 aromatic carbocycles. The third kappa shape index (κ3) is 6.38. The molecule has 0 rings (SSSR count). The predicted molar refractivity (Wildman–Crippen MR) is 42.5 cm³/mol. The van der Waals surface area contributed by atoms with E-state index in [4.69, 9.17) is 10.00 Å². The molecule has 1 unspecified atom stereocenters. The smallest absolute Gasteiger partial charge is 0.480 e. The summed E-state index contributed by atoms with van der Waals surface area (Å²) in [7, 11) is -4.85. The first kappa shape index (κ1) is 14.9. The Bertz CT molecular complexity index is 329. The van der Waals surface area contributed by atoms with E-state index in [-0.39, 0.29) is 0 Å². The van der Waals surface area contributed by atoms with Crippen LogP contribution in [0.3, 0.4) is 0 Å². The van der Waals surface area contributed by atoms with Crippen LogP contribution >= 0.6 is 7.60 Å². The van der Waals surface area contributed by atoms with Crippen molar-refractivity contribution in [1.29, 1.82) is 0 Å². The van der Waals surface area contributed by atoms with Crippen molar-refractivity contribution in [3.8, 4) is 0 Å². The number of alkyl halides is 3. The molecule has 0 aromatic rings. The van der Waals surface area contributed by atoms with Crippen LogP contribution in [0.5, 0.6) is 0 Å². The number of rotatable bonds is 5. The van der Waals surface area contributed by atoms with Gasteiger partial charge in [-0.2, -0.15) is 13.2 Å². The van der Waals surface area contributed by atoms with Crippen molar-refractivity contribution in [2.75, 3.05) is 12.8 Å². The molecular weight excluding hydrogens is 258 g/mol. The number of hydrogen-bond donors (Lipinski definition) is 3. The van der Waals surface area contributed by atoms with E-state index in [9.17, 15) is 27.3 Å². The molecule has 0 fully saturated rings. The van der Waals surface area contributed by atoms with Gasteiger partial charge in [0.25, 0.3) is 0 Å². The maximum Gasteiger partial charge on any atom is 0.491 e. The van der Waals surface area contributed by atoms with Crippen LogP contribution in [0.15, 0.2) is 0 Å². The summed E-state index contributed by atoms with van der Waals surface area (Å²) < 4.78 is 48.9.